The normalized spacial score (nSPS) is 19.3. The SMILES string of the molecule is Cc1ccc(NC(=O)C2CNC(=O)C2)cn1. The van der Waals surface area contributed by atoms with Crippen LogP contribution in [0.5, 0.6) is 0 Å². The van der Waals surface area contributed by atoms with Gasteiger partial charge in [0.2, 0.25) is 11.8 Å². The van der Waals surface area contributed by atoms with Crippen LogP contribution in [-0.4, -0.2) is 23.3 Å². The summed E-state index contributed by atoms with van der Waals surface area (Å²) in [5, 5.41) is 5.37. The van der Waals surface area contributed by atoms with Crippen LogP contribution in [0.15, 0.2) is 18.3 Å². The summed E-state index contributed by atoms with van der Waals surface area (Å²) in [6.07, 6.45) is 1.88. The molecule has 2 heterocycles. The molecule has 2 amide bonds. The second-order valence-electron chi connectivity index (χ2n) is 3.88. The molecule has 5 nitrogen and oxygen atoms in total. The van der Waals surface area contributed by atoms with Crippen molar-refractivity contribution < 1.29 is 9.59 Å². The van der Waals surface area contributed by atoms with Crippen molar-refractivity contribution in [1.29, 1.82) is 0 Å². The van der Waals surface area contributed by atoms with E-state index in [4.69, 9.17) is 0 Å². The van der Waals surface area contributed by atoms with Crippen LogP contribution in [0.3, 0.4) is 0 Å². The number of carbonyl (C=O) groups is 2. The van der Waals surface area contributed by atoms with Crippen molar-refractivity contribution >= 4 is 17.5 Å². The fourth-order valence-electron chi connectivity index (χ4n) is 1.58. The van der Waals surface area contributed by atoms with Crippen LogP contribution in [0.4, 0.5) is 5.69 Å². The van der Waals surface area contributed by atoms with Gasteiger partial charge in [-0.1, -0.05) is 0 Å². The minimum absolute atomic E-state index is 0.0674. The van der Waals surface area contributed by atoms with Gasteiger partial charge in [-0.2, -0.15) is 0 Å². The van der Waals surface area contributed by atoms with Gasteiger partial charge < -0.3 is 10.6 Å². The minimum atomic E-state index is -0.270. The van der Waals surface area contributed by atoms with Crippen molar-refractivity contribution in [3.8, 4) is 0 Å². The Morgan fingerprint density at radius 3 is 2.94 bits per heavy atom. The first kappa shape index (κ1) is 10.6. The van der Waals surface area contributed by atoms with E-state index < -0.39 is 0 Å². The van der Waals surface area contributed by atoms with Crippen LogP contribution in [0.2, 0.25) is 0 Å². The Kier molecular flexibility index (Phi) is 2.85. The first-order valence-electron chi connectivity index (χ1n) is 5.15. The molecular formula is C11H13N3O2. The van der Waals surface area contributed by atoms with E-state index in [1.165, 1.54) is 0 Å². The fourth-order valence-corrected chi connectivity index (χ4v) is 1.58. The largest absolute Gasteiger partial charge is 0.355 e. The summed E-state index contributed by atoms with van der Waals surface area (Å²) >= 11 is 0. The highest BCUT2D eigenvalue weighted by molar-refractivity contribution is 5.97. The monoisotopic (exact) mass is 219 g/mol. The van der Waals surface area contributed by atoms with Gasteiger partial charge in [0, 0.05) is 18.7 Å². The van der Waals surface area contributed by atoms with Crippen molar-refractivity contribution in [2.45, 2.75) is 13.3 Å². The van der Waals surface area contributed by atoms with E-state index in [0.29, 0.717) is 12.2 Å². The Balaban J connectivity index is 1.97. The minimum Gasteiger partial charge on any atom is -0.355 e. The van der Waals surface area contributed by atoms with E-state index in [2.05, 4.69) is 15.6 Å². The molecule has 2 rings (SSSR count). The van der Waals surface area contributed by atoms with Gasteiger partial charge in [0.25, 0.3) is 0 Å². The third kappa shape index (κ3) is 2.36. The van der Waals surface area contributed by atoms with Crippen LogP contribution < -0.4 is 10.6 Å². The second kappa shape index (κ2) is 4.30. The molecule has 1 saturated heterocycles. The molecule has 1 atom stereocenters. The highest BCUT2D eigenvalue weighted by Gasteiger charge is 2.27. The topological polar surface area (TPSA) is 71.1 Å². The number of nitrogens with one attached hydrogen (secondary N) is 2. The van der Waals surface area contributed by atoms with Crippen molar-refractivity contribution in [2.24, 2.45) is 5.92 Å². The number of anilines is 1. The molecule has 1 aromatic heterocycles. The number of hydrogen-bond donors (Lipinski definition) is 2. The van der Waals surface area contributed by atoms with E-state index in [1.807, 2.05) is 13.0 Å². The lowest BCUT2D eigenvalue weighted by Gasteiger charge is -2.08. The maximum atomic E-state index is 11.7. The summed E-state index contributed by atoms with van der Waals surface area (Å²) in [7, 11) is 0. The number of aromatic nitrogens is 1. The summed E-state index contributed by atoms with van der Waals surface area (Å²) in [6, 6.07) is 3.62. The quantitative estimate of drug-likeness (QED) is 0.759. The fraction of sp³-hybridized carbons (Fsp3) is 0.364. The smallest absolute Gasteiger partial charge is 0.229 e. The number of carbonyl (C=O) groups excluding carboxylic acids is 2. The zero-order chi connectivity index (χ0) is 11.5. The zero-order valence-corrected chi connectivity index (χ0v) is 8.99. The van der Waals surface area contributed by atoms with Gasteiger partial charge in [-0.05, 0) is 19.1 Å². The maximum Gasteiger partial charge on any atom is 0.229 e. The molecule has 0 radical (unpaired) electrons. The number of rotatable bonds is 2. The Morgan fingerprint density at radius 1 is 1.56 bits per heavy atom. The van der Waals surface area contributed by atoms with Crippen LogP contribution >= 0.6 is 0 Å². The lowest BCUT2D eigenvalue weighted by atomic mass is 10.1. The highest BCUT2D eigenvalue weighted by atomic mass is 16.2. The van der Waals surface area contributed by atoms with Crippen LogP contribution in [0, 0.1) is 12.8 Å². The molecule has 1 aromatic rings. The van der Waals surface area contributed by atoms with Crippen molar-refractivity contribution in [3.05, 3.63) is 24.0 Å². The second-order valence-corrected chi connectivity index (χ2v) is 3.88. The Labute approximate surface area is 93.3 Å². The van der Waals surface area contributed by atoms with E-state index in [0.717, 1.165) is 5.69 Å². The van der Waals surface area contributed by atoms with Crippen molar-refractivity contribution in [2.75, 3.05) is 11.9 Å². The number of aryl methyl sites for hydroxylation is 1. The number of amides is 2. The van der Waals surface area contributed by atoms with Gasteiger partial charge in [-0.15, -0.1) is 0 Å². The lowest BCUT2D eigenvalue weighted by Crippen LogP contribution is -2.24. The summed E-state index contributed by atoms with van der Waals surface area (Å²) in [4.78, 5) is 26.7. The molecule has 16 heavy (non-hydrogen) atoms. The van der Waals surface area contributed by atoms with Gasteiger partial charge >= 0.3 is 0 Å². The predicted octanol–water partition coefficient (Wildman–Crippen LogP) is 0.465. The van der Waals surface area contributed by atoms with Crippen molar-refractivity contribution in [1.82, 2.24) is 10.3 Å². The van der Waals surface area contributed by atoms with Gasteiger partial charge in [0.15, 0.2) is 0 Å². The highest BCUT2D eigenvalue weighted by Crippen LogP contribution is 2.13. The van der Waals surface area contributed by atoms with E-state index >= 15 is 0 Å². The molecule has 1 aliphatic heterocycles. The number of hydrogen-bond acceptors (Lipinski definition) is 3. The third-order valence-electron chi connectivity index (χ3n) is 2.53. The average molecular weight is 219 g/mol. The molecule has 0 saturated carbocycles. The number of nitrogens with zero attached hydrogens (tertiary/aromatic N) is 1. The molecule has 0 aliphatic carbocycles. The standard InChI is InChI=1S/C11H13N3O2/c1-7-2-3-9(6-12-7)14-11(16)8-4-10(15)13-5-8/h2-3,6,8H,4-5H2,1H3,(H,13,15)(H,14,16). The van der Waals surface area contributed by atoms with Crippen molar-refractivity contribution in [3.63, 3.8) is 0 Å². The molecule has 0 spiro atoms. The average Bonchev–Trinajstić information content (AvgIpc) is 2.68. The van der Waals surface area contributed by atoms with E-state index in [1.54, 1.807) is 12.3 Å². The van der Waals surface area contributed by atoms with E-state index in [9.17, 15) is 9.59 Å². The third-order valence-corrected chi connectivity index (χ3v) is 2.53. The summed E-state index contributed by atoms with van der Waals surface area (Å²) in [6.45, 7) is 2.30. The van der Waals surface area contributed by atoms with Gasteiger partial charge in [0.05, 0.1) is 17.8 Å². The Hall–Kier alpha value is -1.91. The summed E-state index contributed by atoms with van der Waals surface area (Å²) in [5.74, 6) is -0.472. The van der Waals surface area contributed by atoms with E-state index in [-0.39, 0.29) is 24.2 Å². The Bertz CT molecular complexity index is 414. The molecule has 1 fully saturated rings. The molecule has 84 valence electrons. The zero-order valence-electron chi connectivity index (χ0n) is 8.99. The van der Waals surface area contributed by atoms with Gasteiger partial charge in [-0.25, -0.2) is 0 Å². The van der Waals surface area contributed by atoms with Crippen LogP contribution in [-0.2, 0) is 9.59 Å². The molecule has 0 aromatic carbocycles. The lowest BCUT2D eigenvalue weighted by molar-refractivity contribution is -0.123. The molecule has 1 unspecified atom stereocenters. The molecular weight excluding hydrogens is 206 g/mol. The molecule has 1 aliphatic rings. The first-order chi connectivity index (χ1) is 7.65. The molecule has 5 heteroatoms. The van der Waals surface area contributed by atoms with Gasteiger partial charge in [0.1, 0.15) is 0 Å². The summed E-state index contributed by atoms with van der Waals surface area (Å²) in [5.41, 5.74) is 1.56. The van der Waals surface area contributed by atoms with Gasteiger partial charge in [-0.3, -0.25) is 14.6 Å². The Morgan fingerprint density at radius 2 is 2.38 bits per heavy atom. The van der Waals surface area contributed by atoms with Crippen LogP contribution in [0.1, 0.15) is 12.1 Å². The molecule has 0 bridgehead atoms. The molecule has 2 N–H and O–H groups in total. The van der Waals surface area contributed by atoms with Crippen LogP contribution in [0.25, 0.3) is 0 Å². The summed E-state index contributed by atoms with van der Waals surface area (Å²) < 4.78 is 0. The maximum absolute atomic E-state index is 11.7. The number of pyridine rings is 1. The first-order valence-corrected chi connectivity index (χ1v) is 5.15. The predicted molar refractivity (Wildman–Crippen MR) is 58.7 cm³/mol.